The predicted molar refractivity (Wildman–Crippen MR) is 151 cm³/mol. The van der Waals surface area contributed by atoms with E-state index in [1.165, 1.54) is 18.2 Å². The lowest BCUT2D eigenvalue weighted by Gasteiger charge is -2.21. The van der Waals surface area contributed by atoms with Crippen molar-refractivity contribution in [2.75, 3.05) is 6.79 Å². The molecule has 0 aliphatic rings. The van der Waals surface area contributed by atoms with Gasteiger partial charge in [-0.25, -0.2) is 9.18 Å². The van der Waals surface area contributed by atoms with Crippen molar-refractivity contribution in [3.63, 3.8) is 0 Å². The summed E-state index contributed by atoms with van der Waals surface area (Å²) in [4.78, 5) is 35.9. The first kappa shape index (κ1) is 31.0. The van der Waals surface area contributed by atoms with Crippen LogP contribution < -0.4 is 5.32 Å². The van der Waals surface area contributed by atoms with E-state index in [1.807, 2.05) is 42.5 Å². The molecule has 3 aromatic carbocycles. The zero-order valence-corrected chi connectivity index (χ0v) is 22.8. The zero-order valence-electron chi connectivity index (χ0n) is 22.0. The zero-order chi connectivity index (χ0) is 29.9. The van der Waals surface area contributed by atoms with Crippen molar-refractivity contribution in [3.8, 4) is 11.1 Å². The summed E-state index contributed by atoms with van der Waals surface area (Å²) in [5, 5.41) is 29.8. The minimum Gasteiger partial charge on any atom is -0.589 e. The molecule has 41 heavy (non-hydrogen) atoms. The quantitative estimate of drug-likeness (QED) is 0.0740. The van der Waals surface area contributed by atoms with E-state index in [4.69, 9.17) is 26.9 Å². The number of carbonyl (C=O) groups is 3. The van der Waals surface area contributed by atoms with Gasteiger partial charge in [-0.2, -0.15) is 0 Å². The van der Waals surface area contributed by atoms with E-state index in [-0.39, 0.29) is 24.1 Å². The Balaban J connectivity index is 1.76. The molecule has 1 amide bonds. The number of esters is 2. The molecule has 0 heterocycles. The molecule has 0 radical (unpaired) electrons. The molecule has 0 saturated heterocycles. The third-order valence-electron chi connectivity index (χ3n) is 5.87. The van der Waals surface area contributed by atoms with Crippen molar-refractivity contribution in [2.24, 2.45) is 0 Å². The molecule has 214 valence electrons. The van der Waals surface area contributed by atoms with Gasteiger partial charge in [-0.05, 0) is 47.4 Å². The van der Waals surface area contributed by atoms with Crippen molar-refractivity contribution in [1.29, 1.82) is 5.41 Å². The minimum absolute atomic E-state index is 0.0765. The summed E-state index contributed by atoms with van der Waals surface area (Å²) in [6.07, 6.45) is -0.905. The lowest BCUT2D eigenvalue weighted by Crippen LogP contribution is -2.41. The summed E-state index contributed by atoms with van der Waals surface area (Å²) in [6.45, 7) is 0.455. The van der Waals surface area contributed by atoms with E-state index in [9.17, 15) is 23.9 Å². The molecule has 2 atom stereocenters. The number of ether oxygens (including phenoxy) is 2. The van der Waals surface area contributed by atoms with E-state index in [0.29, 0.717) is 5.02 Å². The van der Waals surface area contributed by atoms with Crippen molar-refractivity contribution >= 4 is 35.2 Å². The second kappa shape index (κ2) is 14.7. The number of rotatable bonds is 12. The first-order valence-electron chi connectivity index (χ1n) is 12.4. The Kier molecular flexibility index (Phi) is 11.1. The highest BCUT2D eigenvalue weighted by Crippen LogP contribution is 2.23. The Bertz CT molecular complexity index is 1440. The molecule has 0 aromatic heterocycles. The first-order valence-corrected chi connectivity index (χ1v) is 12.8. The summed E-state index contributed by atoms with van der Waals surface area (Å²) in [5.41, 5.74) is 2.10. The van der Waals surface area contributed by atoms with Crippen LogP contribution in [0.5, 0.6) is 0 Å². The van der Waals surface area contributed by atoms with Gasteiger partial charge >= 0.3 is 23.6 Å². The lowest BCUT2D eigenvalue weighted by molar-refractivity contribution is -0.172. The van der Waals surface area contributed by atoms with Crippen LogP contribution in [0.4, 0.5) is 4.39 Å². The maximum Gasteiger partial charge on any atom is 0.340 e. The van der Waals surface area contributed by atoms with Gasteiger partial charge in [-0.15, -0.1) is 0 Å². The Labute approximate surface area is 240 Å². The molecule has 11 heteroatoms. The van der Waals surface area contributed by atoms with Crippen LogP contribution in [0.15, 0.2) is 84.6 Å². The molecule has 9 nitrogen and oxygen atoms in total. The number of hydrogen-bond acceptors (Lipinski definition) is 7. The van der Waals surface area contributed by atoms with Gasteiger partial charge < -0.3 is 25.0 Å². The average Bonchev–Trinajstić information content (AvgIpc) is 2.93. The van der Waals surface area contributed by atoms with Crippen LogP contribution >= 0.6 is 11.6 Å². The molecule has 0 bridgehead atoms. The van der Waals surface area contributed by atoms with Crippen LogP contribution in [0.2, 0.25) is 5.02 Å². The number of halogens is 2. The molecule has 3 rings (SSSR count). The number of benzene rings is 3. The largest absolute Gasteiger partial charge is 0.589 e. The number of nitrogens with one attached hydrogen (secondary N) is 2. The summed E-state index contributed by atoms with van der Waals surface area (Å²) in [5.74, 6) is -3.92. The second-order valence-electron chi connectivity index (χ2n) is 9.00. The third-order valence-corrected chi connectivity index (χ3v) is 6.10. The number of carbonyl (C=O) groups excluding carboxylic acids is 3. The van der Waals surface area contributed by atoms with Crippen molar-refractivity contribution in [3.05, 3.63) is 107 Å². The SMILES string of the molecule is CC(=O)OCOC(=O)[C@H](O)C[C@@H](Cc1ccc(-c2cccc(Cl)c2)cc1)NC(=O)/C([OH2+])=C/C(=N)c1ccccc1F. The highest BCUT2D eigenvalue weighted by molar-refractivity contribution is 6.30. The van der Waals surface area contributed by atoms with Crippen LogP contribution in [0.3, 0.4) is 0 Å². The summed E-state index contributed by atoms with van der Waals surface area (Å²) >= 11 is 6.09. The van der Waals surface area contributed by atoms with Crippen LogP contribution in [0.25, 0.3) is 11.1 Å². The Hall–Kier alpha value is -4.54. The smallest absolute Gasteiger partial charge is 0.340 e. The maximum absolute atomic E-state index is 14.0. The summed E-state index contributed by atoms with van der Waals surface area (Å²) < 4.78 is 23.3. The molecule has 5 N–H and O–H groups in total. The van der Waals surface area contributed by atoms with Gasteiger partial charge in [0.2, 0.25) is 6.79 Å². The average molecular weight is 584 g/mol. The number of hydrogen-bond donors (Lipinski definition) is 3. The molecular weight excluding hydrogens is 555 g/mol. The van der Waals surface area contributed by atoms with Gasteiger partial charge in [0.25, 0.3) is 0 Å². The number of amides is 1. The second-order valence-corrected chi connectivity index (χ2v) is 9.44. The van der Waals surface area contributed by atoms with E-state index in [0.717, 1.165) is 35.8 Å². The topological polar surface area (TPSA) is 149 Å². The fraction of sp³-hybridized carbons (Fsp3) is 0.200. The normalized spacial score (nSPS) is 12.6. The highest BCUT2D eigenvalue weighted by atomic mass is 35.5. The molecule has 0 unspecified atom stereocenters. The highest BCUT2D eigenvalue weighted by Gasteiger charge is 2.26. The molecule has 3 aromatic rings. The van der Waals surface area contributed by atoms with Crippen molar-refractivity contribution in [1.82, 2.24) is 5.32 Å². The molecule has 0 fully saturated rings. The third kappa shape index (κ3) is 9.55. The van der Waals surface area contributed by atoms with E-state index in [2.05, 4.69) is 10.1 Å². The van der Waals surface area contributed by atoms with Crippen molar-refractivity contribution in [2.45, 2.75) is 31.9 Å². The van der Waals surface area contributed by atoms with Crippen LogP contribution in [0, 0.1) is 11.2 Å². The van der Waals surface area contributed by atoms with Crippen LogP contribution in [0.1, 0.15) is 24.5 Å². The number of aliphatic hydroxyl groups excluding tert-OH is 1. The van der Waals surface area contributed by atoms with E-state index < -0.39 is 48.4 Å². The fourth-order valence-corrected chi connectivity index (χ4v) is 4.03. The van der Waals surface area contributed by atoms with Gasteiger partial charge in [0.1, 0.15) is 5.82 Å². The Morgan fingerprint density at radius 3 is 2.41 bits per heavy atom. The van der Waals surface area contributed by atoms with Gasteiger partial charge in [-0.3, -0.25) is 15.0 Å². The molecule has 0 saturated carbocycles. The summed E-state index contributed by atoms with van der Waals surface area (Å²) in [7, 11) is 0. The first-order chi connectivity index (χ1) is 19.5. The number of allylic oxidation sites excluding steroid dienone is 1. The molecular formula is C30H29ClFN2O7+. The van der Waals surface area contributed by atoms with Crippen LogP contribution in [-0.4, -0.2) is 52.7 Å². The van der Waals surface area contributed by atoms with Gasteiger partial charge in [0.15, 0.2) is 6.10 Å². The number of aliphatic hydroxyl groups is 1. The van der Waals surface area contributed by atoms with Gasteiger partial charge in [0.05, 0.1) is 11.8 Å². The molecule has 0 spiro atoms. The van der Waals surface area contributed by atoms with Gasteiger partial charge in [0, 0.05) is 30.0 Å². The van der Waals surface area contributed by atoms with Crippen LogP contribution in [-0.2, 0) is 30.3 Å². The van der Waals surface area contributed by atoms with E-state index in [1.54, 1.807) is 6.07 Å². The van der Waals surface area contributed by atoms with Gasteiger partial charge in [-0.1, -0.05) is 60.1 Å². The van der Waals surface area contributed by atoms with E-state index >= 15 is 0 Å². The maximum atomic E-state index is 14.0. The standard InChI is InChI=1S/C30H28ClFN2O7/c1-18(35)40-17-41-30(39)28(37)15-23(13-19-9-11-20(12-10-19)21-5-4-6-22(31)14-21)34-29(38)27(36)16-26(33)24-7-2-3-8-25(24)32/h2-12,14,16,23,28,33,36-37H,13,15,17H2,1H3,(H,34,38)/p+1/b27-16-,33-26?/t23-,28-/m1/s1. The Morgan fingerprint density at radius 1 is 1.05 bits per heavy atom. The lowest BCUT2D eigenvalue weighted by atomic mass is 9.97. The van der Waals surface area contributed by atoms with Crippen molar-refractivity contribution < 1.29 is 38.5 Å². The predicted octanol–water partition coefficient (Wildman–Crippen LogP) is 3.66. The Morgan fingerprint density at radius 2 is 1.76 bits per heavy atom. The fourth-order valence-electron chi connectivity index (χ4n) is 3.84. The molecule has 0 aliphatic heterocycles. The monoisotopic (exact) mass is 583 g/mol. The summed E-state index contributed by atoms with van der Waals surface area (Å²) in [6, 6.07) is 19.3. The minimum atomic E-state index is -1.68. The molecule has 0 aliphatic carbocycles.